The maximum atomic E-state index is 11.7. The fourth-order valence-corrected chi connectivity index (χ4v) is 1.48. The Morgan fingerprint density at radius 2 is 2.20 bits per heavy atom. The summed E-state index contributed by atoms with van der Waals surface area (Å²) in [6.45, 7) is 3.36. The number of nitrogens with zero attached hydrogens (tertiary/aromatic N) is 2. The molecule has 2 N–H and O–H groups in total. The molecule has 15 heavy (non-hydrogen) atoms. The van der Waals surface area contributed by atoms with Gasteiger partial charge in [0.1, 0.15) is 0 Å². The standard InChI is InChI=1S/C10H19N3O2/c1-8(11)3-4-9(14)13-6-5-12(2)10(15)7-13/h8H,3-7,11H2,1-2H3. The highest BCUT2D eigenvalue weighted by atomic mass is 16.2. The van der Waals surface area contributed by atoms with Crippen molar-refractivity contribution in [1.29, 1.82) is 0 Å². The molecule has 1 saturated heterocycles. The van der Waals surface area contributed by atoms with E-state index >= 15 is 0 Å². The zero-order chi connectivity index (χ0) is 11.4. The van der Waals surface area contributed by atoms with Crippen molar-refractivity contribution in [3.05, 3.63) is 0 Å². The van der Waals surface area contributed by atoms with E-state index in [-0.39, 0.29) is 24.4 Å². The second kappa shape index (κ2) is 5.11. The highest BCUT2D eigenvalue weighted by Crippen LogP contribution is 2.05. The minimum absolute atomic E-state index is 0.00963. The molecule has 0 radical (unpaired) electrons. The zero-order valence-corrected chi connectivity index (χ0v) is 9.40. The van der Waals surface area contributed by atoms with E-state index in [1.54, 1.807) is 16.8 Å². The van der Waals surface area contributed by atoms with Gasteiger partial charge in [-0.25, -0.2) is 0 Å². The van der Waals surface area contributed by atoms with Crippen molar-refractivity contribution in [1.82, 2.24) is 9.80 Å². The third-order valence-electron chi connectivity index (χ3n) is 2.62. The highest BCUT2D eigenvalue weighted by Gasteiger charge is 2.24. The van der Waals surface area contributed by atoms with Crippen molar-refractivity contribution in [2.45, 2.75) is 25.8 Å². The molecule has 1 aliphatic rings. The normalized spacial score (nSPS) is 19.3. The van der Waals surface area contributed by atoms with Gasteiger partial charge in [-0.2, -0.15) is 0 Å². The molecule has 0 aliphatic carbocycles. The van der Waals surface area contributed by atoms with Crippen LogP contribution in [0.1, 0.15) is 19.8 Å². The quantitative estimate of drug-likeness (QED) is 0.681. The van der Waals surface area contributed by atoms with Crippen molar-refractivity contribution >= 4 is 11.8 Å². The van der Waals surface area contributed by atoms with E-state index < -0.39 is 0 Å². The Bertz CT molecular complexity index is 253. The van der Waals surface area contributed by atoms with Crippen molar-refractivity contribution in [2.75, 3.05) is 26.7 Å². The van der Waals surface area contributed by atoms with E-state index in [1.165, 1.54) is 0 Å². The average Bonchev–Trinajstić information content (AvgIpc) is 2.18. The largest absolute Gasteiger partial charge is 0.342 e. The number of likely N-dealkylation sites (N-methyl/N-ethyl adjacent to an activating group) is 1. The van der Waals surface area contributed by atoms with Gasteiger partial charge in [-0.05, 0) is 13.3 Å². The van der Waals surface area contributed by atoms with Gasteiger partial charge in [-0.15, -0.1) is 0 Å². The first-order valence-electron chi connectivity index (χ1n) is 5.28. The molecule has 0 aromatic rings. The highest BCUT2D eigenvalue weighted by molar-refractivity contribution is 5.85. The van der Waals surface area contributed by atoms with Crippen LogP contribution in [0.25, 0.3) is 0 Å². The number of carbonyl (C=O) groups is 2. The lowest BCUT2D eigenvalue weighted by Crippen LogP contribution is -2.50. The van der Waals surface area contributed by atoms with Crippen molar-refractivity contribution in [2.24, 2.45) is 5.73 Å². The summed E-state index contributed by atoms with van der Waals surface area (Å²) < 4.78 is 0. The number of piperazine rings is 1. The van der Waals surface area contributed by atoms with Crippen LogP contribution in [0.4, 0.5) is 0 Å². The summed E-state index contributed by atoms with van der Waals surface area (Å²) >= 11 is 0. The minimum atomic E-state index is 0.00963. The van der Waals surface area contributed by atoms with Crippen LogP contribution in [0.5, 0.6) is 0 Å². The van der Waals surface area contributed by atoms with Crippen LogP contribution >= 0.6 is 0 Å². The first kappa shape index (κ1) is 12.0. The Morgan fingerprint density at radius 1 is 1.53 bits per heavy atom. The molecule has 1 unspecified atom stereocenters. The molecule has 1 heterocycles. The average molecular weight is 213 g/mol. The monoisotopic (exact) mass is 213 g/mol. The summed E-state index contributed by atoms with van der Waals surface area (Å²) in [5, 5.41) is 0. The van der Waals surface area contributed by atoms with E-state index in [0.29, 0.717) is 25.9 Å². The fraction of sp³-hybridized carbons (Fsp3) is 0.800. The van der Waals surface area contributed by atoms with Crippen LogP contribution in [0.3, 0.4) is 0 Å². The topological polar surface area (TPSA) is 66.6 Å². The molecule has 1 fully saturated rings. The van der Waals surface area contributed by atoms with E-state index in [0.717, 1.165) is 0 Å². The molecule has 5 heteroatoms. The molecule has 2 amide bonds. The zero-order valence-electron chi connectivity index (χ0n) is 9.40. The number of hydrogen-bond donors (Lipinski definition) is 1. The second-order valence-electron chi connectivity index (χ2n) is 4.15. The first-order valence-corrected chi connectivity index (χ1v) is 5.28. The predicted molar refractivity (Wildman–Crippen MR) is 57.1 cm³/mol. The number of rotatable bonds is 3. The predicted octanol–water partition coefficient (Wildman–Crippen LogP) is -0.586. The molecule has 1 aliphatic heterocycles. The summed E-state index contributed by atoms with van der Waals surface area (Å²) in [6.07, 6.45) is 1.12. The van der Waals surface area contributed by atoms with Gasteiger partial charge in [0.15, 0.2) is 0 Å². The molecule has 0 spiro atoms. The molecule has 5 nitrogen and oxygen atoms in total. The van der Waals surface area contributed by atoms with Gasteiger partial charge in [0, 0.05) is 32.6 Å². The Labute approximate surface area is 90.2 Å². The molecule has 1 rings (SSSR count). The van der Waals surface area contributed by atoms with Crippen LogP contribution in [0.15, 0.2) is 0 Å². The first-order chi connectivity index (χ1) is 7.00. The van der Waals surface area contributed by atoms with Crippen LogP contribution in [0, 0.1) is 0 Å². The molecule has 0 bridgehead atoms. The lowest BCUT2D eigenvalue weighted by atomic mass is 10.1. The van der Waals surface area contributed by atoms with Gasteiger partial charge >= 0.3 is 0 Å². The van der Waals surface area contributed by atoms with Gasteiger partial charge in [0.05, 0.1) is 6.54 Å². The molecule has 0 aromatic carbocycles. The third kappa shape index (κ3) is 3.51. The van der Waals surface area contributed by atoms with Crippen molar-refractivity contribution in [3.63, 3.8) is 0 Å². The lowest BCUT2D eigenvalue weighted by molar-refractivity contribution is -0.144. The van der Waals surface area contributed by atoms with Crippen LogP contribution in [0.2, 0.25) is 0 Å². The molecular formula is C10H19N3O2. The van der Waals surface area contributed by atoms with E-state index in [2.05, 4.69) is 0 Å². The summed E-state index contributed by atoms with van der Waals surface area (Å²) in [5.74, 6) is 0.0455. The number of nitrogens with two attached hydrogens (primary N) is 1. The Morgan fingerprint density at radius 3 is 2.73 bits per heavy atom. The summed E-state index contributed by atoms with van der Waals surface area (Å²) in [5.41, 5.74) is 5.57. The van der Waals surface area contributed by atoms with Gasteiger partial charge in [-0.3, -0.25) is 9.59 Å². The molecule has 1 atom stereocenters. The maximum Gasteiger partial charge on any atom is 0.241 e. The van der Waals surface area contributed by atoms with Crippen molar-refractivity contribution in [3.8, 4) is 0 Å². The summed E-state index contributed by atoms with van der Waals surface area (Å²) in [4.78, 5) is 26.3. The summed E-state index contributed by atoms with van der Waals surface area (Å²) in [6, 6.07) is 0.0390. The van der Waals surface area contributed by atoms with Crippen LogP contribution < -0.4 is 5.73 Å². The maximum absolute atomic E-state index is 11.7. The van der Waals surface area contributed by atoms with Crippen molar-refractivity contribution < 1.29 is 9.59 Å². The molecule has 86 valence electrons. The summed E-state index contributed by atoms with van der Waals surface area (Å²) in [7, 11) is 1.76. The van der Waals surface area contributed by atoms with E-state index in [4.69, 9.17) is 5.73 Å². The van der Waals surface area contributed by atoms with Gasteiger partial charge < -0.3 is 15.5 Å². The number of amides is 2. The van der Waals surface area contributed by atoms with Gasteiger partial charge in [0.25, 0.3) is 0 Å². The van der Waals surface area contributed by atoms with Crippen LogP contribution in [-0.4, -0.2) is 54.3 Å². The smallest absolute Gasteiger partial charge is 0.241 e. The molecule has 0 aromatic heterocycles. The van der Waals surface area contributed by atoms with E-state index in [9.17, 15) is 9.59 Å². The van der Waals surface area contributed by atoms with Gasteiger partial charge in [0.2, 0.25) is 11.8 Å². The van der Waals surface area contributed by atoms with E-state index in [1.807, 2.05) is 6.92 Å². The van der Waals surface area contributed by atoms with Gasteiger partial charge in [-0.1, -0.05) is 0 Å². The Kier molecular flexibility index (Phi) is 4.08. The Hall–Kier alpha value is -1.10. The third-order valence-corrected chi connectivity index (χ3v) is 2.62. The Balaban J connectivity index is 2.37. The lowest BCUT2D eigenvalue weighted by Gasteiger charge is -2.32. The fourth-order valence-electron chi connectivity index (χ4n) is 1.48. The molecule has 0 saturated carbocycles. The SMILES string of the molecule is CC(N)CCC(=O)N1CCN(C)C(=O)C1. The van der Waals surface area contributed by atoms with Crippen LogP contribution in [-0.2, 0) is 9.59 Å². The number of carbonyl (C=O) groups excluding carboxylic acids is 2. The minimum Gasteiger partial charge on any atom is -0.342 e. The second-order valence-corrected chi connectivity index (χ2v) is 4.15. The molecular weight excluding hydrogens is 194 g/mol. The number of hydrogen-bond acceptors (Lipinski definition) is 3.